The average Bonchev–Trinajstić information content (AvgIpc) is 2.16. The Balaban J connectivity index is 2.99. The van der Waals surface area contributed by atoms with E-state index in [0.717, 1.165) is 5.39 Å². The van der Waals surface area contributed by atoms with Gasteiger partial charge < -0.3 is 5.73 Å². The number of hydrogen-bond acceptors (Lipinski definition) is 3. The molecule has 0 aliphatic heterocycles. The first kappa shape index (κ1) is 9.95. The van der Waals surface area contributed by atoms with Gasteiger partial charge in [-0.25, -0.2) is 13.6 Å². The number of anilines is 1. The van der Waals surface area contributed by atoms with Gasteiger partial charge in [0.05, 0.1) is 4.90 Å². The van der Waals surface area contributed by atoms with Crippen LogP contribution in [0.15, 0.2) is 35.2 Å². The van der Waals surface area contributed by atoms with Crippen molar-refractivity contribution in [3.8, 4) is 0 Å². The molecule has 4 nitrogen and oxygen atoms in total. The van der Waals surface area contributed by atoms with E-state index in [1.54, 1.807) is 24.3 Å². The Bertz CT molecular complexity index is 615. The molecule has 0 spiro atoms. The second-order valence-corrected chi connectivity index (χ2v) is 4.66. The smallest absolute Gasteiger partial charge is 0.239 e. The van der Waals surface area contributed by atoms with Crippen LogP contribution in [0.2, 0.25) is 0 Å². The van der Waals surface area contributed by atoms with Crippen molar-refractivity contribution in [3.63, 3.8) is 0 Å². The molecular weight excluding hydrogens is 212 g/mol. The fourth-order valence-corrected chi connectivity index (χ4v) is 2.25. The summed E-state index contributed by atoms with van der Waals surface area (Å²) in [5.74, 6) is 0. The van der Waals surface area contributed by atoms with E-state index in [4.69, 9.17) is 10.9 Å². The lowest BCUT2D eigenvalue weighted by atomic mass is 10.1. The Morgan fingerprint density at radius 2 is 1.93 bits per heavy atom. The van der Waals surface area contributed by atoms with Crippen molar-refractivity contribution in [3.05, 3.63) is 36.4 Å². The van der Waals surface area contributed by atoms with Gasteiger partial charge in [0.1, 0.15) is 0 Å². The van der Waals surface area contributed by atoms with E-state index in [1.807, 2.05) is 0 Å². The monoisotopic (exact) mass is 221 g/mol. The molecule has 0 saturated heterocycles. The number of benzene rings is 2. The molecule has 2 aromatic carbocycles. The Hall–Kier alpha value is -1.59. The van der Waals surface area contributed by atoms with Crippen molar-refractivity contribution < 1.29 is 8.42 Å². The summed E-state index contributed by atoms with van der Waals surface area (Å²) in [6.45, 7) is 0. The standard InChI is InChI=1S/C10H9N2O2S/c11-8-5-1-3-7-4-2-6-9(10(7)8)15(12,13)14/h1-5H,11H2,(H2,12,13,14). The lowest BCUT2D eigenvalue weighted by Gasteiger charge is -2.06. The molecule has 0 aliphatic carbocycles. The fraction of sp³-hybridized carbons (Fsp3) is 0. The SMILES string of the molecule is Nc1cccc2cc[c]c(S(N)(=O)=O)c12. The van der Waals surface area contributed by atoms with E-state index in [0.29, 0.717) is 11.1 Å². The van der Waals surface area contributed by atoms with E-state index in [-0.39, 0.29) is 4.90 Å². The van der Waals surface area contributed by atoms with Crippen molar-refractivity contribution in [1.82, 2.24) is 0 Å². The minimum atomic E-state index is -3.79. The van der Waals surface area contributed by atoms with Crippen LogP contribution in [0.3, 0.4) is 0 Å². The van der Waals surface area contributed by atoms with Crippen molar-refractivity contribution >= 4 is 26.5 Å². The topological polar surface area (TPSA) is 86.2 Å². The number of sulfonamides is 1. The summed E-state index contributed by atoms with van der Waals surface area (Å²) in [4.78, 5) is -0.0573. The van der Waals surface area contributed by atoms with Crippen LogP contribution in [0.4, 0.5) is 5.69 Å². The second-order valence-electron chi connectivity index (χ2n) is 3.16. The minimum absolute atomic E-state index is 0.0573. The largest absolute Gasteiger partial charge is 0.398 e. The molecule has 0 saturated carbocycles. The van der Waals surface area contributed by atoms with Crippen LogP contribution < -0.4 is 10.9 Å². The first-order valence-electron chi connectivity index (χ1n) is 4.22. The van der Waals surface area contributed by atoms with Crippen molar-refractivity contribution in [2.24, 2.45) is 5.14 Å². The average molecular weight is 221 g/mol. The minimum Gasteiger partial charge on any atom is -0.398 e. The number of fused-ring (bicyclic) bond motifs is 1. The van der Waals surface area contributed by atoms with Gasteiger partial charge in [0.2, 0.25) is 10.0 Å². The predicted octanol–water partition coefficient (Wildman–Crippen LogP) is 0.870. The third-order valence-corrected chi connectivity index (χ3v) is 3.01. The molecule has 2 aromatic rings. The molecule has 4 N–H and O–H groups in total. The first-order valence-corrected chi connectivity index (χ1v) is 5.76. The summed E-state index contributed by atoms with van der Waals surface area (Å²) in [7, 11) is -3.79. The van der Waals surface area contributed by atoms with E-state index < -0.39 is 10.0 Å². The second kappa shape index (κ2) is 3.22. The van der Waals surface area contributed by atoms with Gasteiger partial charge in [-0.05, 0) is 11.5 Å². The highest BCUT2D eigenvalue weighted by Gasteiger charge is 2.13. The van der Waals surface area contributed by atoms with Crippen LogP contribution in [0.1, 0.15) is 0 Å². The van der Waals surface area contributed by atoms with Gasteiger partial charge in [-0.2, -0.15) is 0 Å². The molecule has 0 unspecified atom stereocenters. The van der Waals surface area contributed by atoms with Crippen LogP contribution in [-0.2, 0) is 10.0 Å². The Morgan fingerprint density at radius 1 is 1.20 bits per heavy atom. The quantitative estimate of drug-likeness (QED) is 0.700. The molecule has 0 aliphatic rings. The van der Waals surface area contributed by atoms with E-state index in [2.05, 4.69) is 6.07 Å². The molecule has 0 heterocycles. The van der Waals surface area contributed by atoms with Crippen molar-refractivity contribution in [1.29, 1.82) is 0 Å². The zero-order valence-electron chi connectivity index (χ0n) is 7.77. The highest BCUT2D eigenvalue weighted by molar-refractivity contribution is 7.89. The van der Waals surface area contributed by atoms with Crippen LogP contribution in [0.25, 0.3) is 10.8 Å². The van der Waals surface area contributed by atoms with Crippen LogP contribution in [-0.4, -0.2) is 8.42 Å². The van der Waals surface area contributed by atoms with Gasteiger partial charge in [0.15, 0.2) is 0 Å². The third kappa shape index (κ3) is 1.67. The Kier molecular flexibility index (Phi) is 2.13. The molecular formula is C10H9N2O2S. The van der Waals surface area contributed by atoms with Crippen LogP contribution in [0, 0.1) is 6.07 Å². The molecule has 0 atom stereocenters. The summed E-state index contributed by atoms with van der Waals surface area (Å²) in [5.41, 5.74) is 6.10. The molecule has 1 radical (unpaired) electrons. The fourth-order valence-electron chi connectivity index (χ4n) is 1.49. The zero-order chi connectivity index (χ0) is 11.1. The normalized spacial score (nSPS) is 11.8. The van der Waals surface area contributed by atoms with Crippen molar-refractivity contribution in [2.45, 2.75) is 4.90 Å². The molecule has 77 valence electrons. The summed E-state index contributed by atoms with van der Waals surface area (Å²) in [5, 5.41) is 6.24. The maximum absolute atomic E-state index is 11.3. The molecule has 0 fully saturated rings. The molecule has 0 bridgehead atoms. The number of nitrogen functional groups attached to an aromatic ring is 1. The molecule has 0 amide bonds. The van der Waals surface area contributed by atoms with E-state index >= 15 is 0 Å². The Labute approximate surface area is 87.6 Å². The van der Waals surface area contributed by atoms with Gasteiger partial charge in [0, 0.05) is 17.1 Å². The number of rotatable bonds is 1. The number of primary sulfonamides is 1. The summed E-state index contributed by atoms with van der Waals surface area (Å²) >= 11 is 0. The van der Waals surface area contributed by atoms with Gasteiger partial charge in [-0.3, -0.25) is 0 Å². The molecule has 15 heavy (non-hydrogen) atoms. The highest BCUT2D eigenvalue weighted by atomic mass is 32.2. The maximum Gasteiger partial charge on any atom is 0.239 e. The summed E-state index contributed by atoms with van der Waals surface area (Å²) in [6, 6.07) is 11.0. The van der Waals surface area contributed by atoms with Gasteiger partial charge in [-0.15, -0.1) is 0 Å². The summed E-state index contributed by atoms with van der Waals surface area (Å²) in [6.07, 6.45) is 0. The van der Waals surface area contributed by atoms with E-state index in [1.165, 1.54) is 6.07 Å². The van der Waals surface area contributed by atoms with Gasteiger partial charge in [-0.1, -0.05) is 24.3 Å². The number of hydrogen-bond donors (Lipinski definition) is 2. The molecule has 2 rings (SSSR count). The maximum atomic E-state index is 11.3. The lowest BCUT2D eigenvalue weighted by Crippen LogP contribution is -2.13. The van der Waals surface area contributed by atoms with E-state index in [9.17, 15) is 8.42 Å². The van der Waals surface area contributed by atoms with Gasteiger partial charge >= 0.3 is 0 Å². The van der Waals surface area contributed by atoms with Crippen LogP contribution >= 0.6 is 0 Å². The predicted molar refractivity (Wildman–Crippen MR) is 58.6 cm³/mol. The lowest BCUT2D eigenvalue weighted by molar-refractivity contribution is 0.598. The third-order valence-electron chi connectivity index (χ3n) is 2.12. The zero-order valence-corrected chi connectivity index (χ0v) is 8.58. The first-order chi connectivity index (χ1) is 7.00. The number of nitrogens with two attached hydrogens (primary N) is 2. The highest BCUT2D eigenvalue weighted by Crippen LogP contribution is 2.26. The molecule has 0 aromatic heterocycles. The Morgan fingerprint density at radius 3 is 2.60 bits per heavy atom. The molecule has 5 heteroatoms. The van der Waals surface area contributed by atoms with Crippen LogP contribution in [0.5, 0.6) is 0 Å². The van der Waals surface area contributed by atoms with Crippen molar-refractivity contribution in [2.75, 3.05) is 5.73 Å². The summed E-state index contributed by atoms with van der Waals surface area (Å²) < 4.78 is 22.6. The van der Waals surface area contributed by atoms with Gasteiger partial charge in [0.25, 0.3) is 0 Å².